The Balaban J connectivity index is 1.73. The Hall–Kier alpha value is -2.03. The van der Waals surface area contributed by atoms with Crippen molar-refractivity contribution in [2.45, 2.75) is 6.92 Å². The second kappa shape index (κ2) is 7.03. The summed E-state index contributed by atoms with van der Waals surface area (Å²) in [7, 11) is 1.56. The second-order valence-electron chi connectivity index (χ2n) is 4.67. The van der Waals surface area contributed by atoms with E-state index in [0.29, 0.717) is 22.3 Å². The number of thiazole rings is 2. The fourth-order valence-electron chi connectivity index (χ4n) is 1.94. The molecule has 0 amide bonds. The maximum atomic E-state index is 12.0. The van der Waals surface area contributed by atoms with Crippen molar-refractivity contribution in [3.05, 3.63) is 34.8 Å². The van der Waals surface area contributed by atoms with Gasteiger partial charge in [0.05, 0.1) is 22.5 Å². The standard InChI is InChI=1S/C15H15N3O3S2/c1-9-12(13(19)21-8-7-20-2)23-14(16-9)18-15-17-10-5-3-4-6-11(10)22-15/h3-6H,7-8H2,1-2H3,(H,16,17,18). The Morgan fingerprint density at radius 1 is 1.17 bits per heavy atom. The summed E-state index contributed by atoms with van der Waals surface area (Å²) in [6, 6.07) is 7.91. The summed E-state index contributed by atoms with van der Waals surface area (Å²) in [5.74, 6) is -0.380. The van der Waals surface area contributed by atoms with Gasteiger partial charge in [0.15, 0.2) is 10.3 Å². The smallest absolute Gasteiger partial charge is 0.350 e. The summed E-state index contributed by atoms with van der Waals surface area (Å²) in [4.78, 5) is 21.4. The number of carbonyl (C=O) groups is 1. The molecule has 0 aliphatic rings. The van der Waals surface area contributed by atoms with E-state index in [2.05, 4.69) is 15.3 Å². The molecule has 2 heterocycles. The van der Waals surface area contributed by atoms with E-state index in [0.717, 1.165) is 15.3 Å². The molecule has 0 unspecified atom stereocenters. The molecule has 0 spiro atoms. The number of carbonyl (C=O) groups excluding carboxylic acids is 1. The minimum atomic E-state index is -0.380. The van der Waals surface area contributed by atoms with E-state index in [1.807, 2.05) is 24.3 Å². The van der Waals surface area contributed by atoms with Crippen LogP contribution in [0, 0.1) is 6.92 Å². The predicted octanol–water partition coefficient (Wildman–Crippen LogP) is 3.61. The highest BCUT2D eigenvalue weighted by Gasteiger charge is 2.17. The highest BCUT2D eigenvalue weighted by molar-refractivity contribution is 7.23. The number of aryl methyl sites for hydroxylation is 1. The number of aromatic nitrogens is 2. The van der Waals surface area contributed by atoms with Crippen LogP contribution >= 0.6 is 22.7 Å². The molecule has 2 aromatic heterocycles. The van der Waals surface area contributed by atoms with Gasteiger partial charge < -0.3 is 14.8 Å². The van der Waals surface area contributed by atoms with Gasteiger partial charge in [-0.15, -0.1) is 0 Å². The molecule has 1 N–H and O–H groups in total. The molecular formula is C15H15N3O3S2. The lowest BCUT2D eigenvalue weighted by molar-refractivity contribution is 0.0392. The number of nitrogens with zero attached hydrogens (tertiary/aromatic N) is 2. The summed E-state index contributed by atoms with van der Waals surface area (Å²) in [5, 5.41) is 4.53. The van der Waals surface area contributed by atoms with Gasteiger partial charge in [0, 0.05) is 7.11 Å². The first-order chi connectivity index (χ1) is 11.2. The predicted molar refractivity (Wildman–Crippen MR) is 91.9 cm³/mol. The first-order valence-electron chi connectivity index (χ1n) is 6.93. The molecule has 1 aromatic carbocycles. The zero-order valence-electron chi connectivity index (χ0n) is 12.7. The Kier molecular flexibility index (Phi) is 4.85. The minimum Gasteiger partial charge on any atom is -0.459 e. The van der Waals surface area contributed by atoms with Gasteiger partial charge in [-0.2, -0.15) is 0 Å². The average molecular weight is 349 g/mol. The van der Waals surface area contributed by atoms with E-state index in [9.17, 15) is 4.79 Å². The Morgan fingerprint density at radius 2 is 1.96 bits per heavy atom. The Bertz CT molecular complexity index is 795. The molecule has 0 saturated heterocycles. The average Bonchev–Trinajstić information content (AvgIpc) is 3.10. The maximum absolute atomic E-state index is 12.0. The SMILES string of the molecule is COCCOC(=O)c1sc(Nc2nc3ccccc3s2)nc1C. The number of methoxy groups -OCH3 is 1. The van der Waals surface area contributed by atoms with E-state index in [1.165, 1.54) is 11.3 Å². The molecule has 0 aliphatic heterocycles. The number of fused-ring (bicyclic) bond motifs is 1. The van der Waals surface area contributed by atoms with Crippen LogP contribution in [-0.4, -0.2) is 36.3 Å². The molecular weight excluding hydrogens is 334 g/mol. The zero-order chi connectivity index (χ0) is 16.2. The molecule has 3 rings (SSSR count). The van der Waals surface area contributed by atoms with Crippen LogP contribution in [0.4, 0.5) is 10.3 Å². The molecule has 23 heavy (non-hydrogen) atoms. The van der Waals surface area contributed by atoms with Crippen LogP contribution in [0.3, 0.4) is 0 Å². The van der Waals surface area contributed by atoms with Crippen molar-refractivity contribution >= 4 is 49.1 Å². The molecule has 120 valence electrons. The van der Waals surface area contributed by atoms with Crippen LogP contribution in [0.2, 0.25) is 0 Å². The van der Waals surface area contributed by atoms with Crippen molar-refractivity contribution < 1.29 is 14.3 Å². The van der Waals surface area contributed by atoms with Crippen LogP contribution in [0.25, 0.3) is 10.2 Å². The van der Waals surface area contributed by atoms with Crippen molar-refractivity contribution in [1.29, 1.82) is 0 Å². The van der Waals surface area contributed by atoms with Crippen LogP contribution in [0.15, 0.2) is 24.3 Å². The van der Waals surface area contributed by atoms with Gasteiger partial charge >= 0.3 is 5.97 Å². The normalized spacial score (nSPS) is 10.9. The quantitative estimate of drug-likeness (QED) is 0.541. The zero-order valence-corrected chi connectivity index (χ0v) is 14.3. The van der Waals surface area contributed by atoms with Gasteiger partial charge in [0.25, 0.3) is 0 Å². The molecule has 0 atom stereocenters. The van der Waals surface area contributed by atoms with E-state index in [1.54, 1.807) is 25.4 Å². The Morgan fingerprint density at radius 3 is 2.74 bits per heavy atom. The lowest BCUT2D eigenvalue weighted by Crippen LogP contribution is -2.09. The maximum Gasteiger partial charge on any atom is 0.350 e. The molecule has 3 aromatic rings. The van der Waals surface area contributed by atoms with Gasteiger partial charge in [-0.25, -0.2) is 14.8 Å². The fraction of sp³-hybridized carbons (Fsp3) is 0.267. The number of ether oxygens (including phenoxy) is 2. The van der Waals surface area contributed by atoms with E-state index >= 15 is 0 Å². The molecule has 0 radical (unpaired) electrons. The summed E-state index contributed by atoms with van der Waals surface area (Å²) in [5.41, 5.74) is 1.58. The summed E-state index contributed by atoms with van der Waals surface area (Å²) < 4.78 is 11.1. The number of esters is 1. The first kappa shape index (κ1) is 15.9. The summed E-state index contributed by atoms with van der Waals surface area (Å²) in [6.45, 7) is 2.39. The van der Waals surface area contributed by atoms with Crippen LogP contribution in [0.5, 0.6) is 0 Å². The first-order valence-corrected chi connectivity index (χ1v) is 8.57. The minimum absolute atomic E-state index is 0.229. The number of anilines is 2. The molecule has 0 fully saturated rings. The van der Waals surface area contributed by atoms with Gasteiger partial charge in [-0.05, 0) is 19.1 Å². The lowest BCUT2D eigenvalue weighted by Gasteiger charge is -2.01. The van der Waals surface area contributed by atoms with Crippen LogP contribution in [-0.2, 0) is 9.47 Å². The highest BCUT2D eigenvalue weighted by atomic mass is 32.1. The van der Waals surface area contributed by atoms with E-state index in [-0.39, 0.29) is 12.6 Å². The third kappa shape index (κ3) is 3.66. The van der Waals surface area contributed by atoms with Crippen molar-refractivity contribution in [2.24, 2.45) is 0 Å². The van der Waals surface area contributed by atoms with Crippen molar-refractivity contribution in [2.75, 3.05) is 25.6 Å². The molecule has 8 heteroatoms. The van der Waals surface area contributed by atoms with Gasteiger partial charge in [0.2, 0.25) is 0 Å². The number of benzene rings is 1. The third-order valence-corrected chi connectivity index (χ3v) is 5.02. The van der Waals surface area contributed by atoms with Crippen LogP contribution < -0.4 is 5.32 Å². The number of hydrogen-bond donors (Lipinski definition) is 1. The van der Waals surface area contributed by atoms with Crippen LogP contribution in [0.1, 0.15) is 15.4 Å². The molecule has 6 nitrogen and oxygen atoms in total. The second-order valence-corrected chi connectivity index (χ2v) is 6.70. The van der Waals surface area contributed by atoms with E-state index in [4.69, 9.17) is 9.47 Å². The molecule has 0 aliphatic carbocycles. The lowest BCUT2D eigenvalue weighted by atomic mass is 10.3. The monoisotopic (exact) mass is 349 g/mol. The van der Waals surface area contributed by atoms with Crippen molar-refractivity contribution in [3.63, 3.8) is 0 Å². The molecule has 0 bridgehead atoms. The number of hydrogen-bond acceptors (Lipinski definition) is 8. The molecule has 0 saturated carbocycles. The fourth-order valence-corrected chi connectivity index (χ4v) is 3.73. The third-order valence-electron chi connectivity index (χ3n) is 3.01. The van der Waals surface area contributed by atoms with Crippen molar-refractivity contribution in [1.82, 2.24) is 9.97 Å². The van der Waals surface area contributed by atoms with Gasteiger partial charge in [-0.3, -0.25) is 0 Å². The van der Waals surface area contributed by atoms with Gasteiger partial charge in [0.1, 0.15) is 11.5 Å². The number of nitrogens with one attached hydrogen (secondary N) is 1. The number of rotatable bonds is 6. The number of para-hydroxylation sites is 1. The topological polar surface area (TPSA) is 73.3 Å². The van der Waals surface area contributed by atoms with Gasteiger partial charge in [-0.1, -0.05) is 34.8 Å². The van der Waals surface area contributed by atoms with E-state index < -0.39 is 0 Å². The summed E-state index contributed by atoms with van der Waals surface area (Å²) >= 11 is 2.80. The highest BCUT2D eigenvalue weighted by Crippen LogP contribution is 2.31. The van der Waals surface area contributed by atoms with Crippen molar-refractivity contribution in [3.8, 4) is 0 Å². The summed E-state index contributed by atoms with van der Waals surface area (Å²) in [6.07, 6.45) is 0. The largest absolute Gasteiger partial charge is 0.459 e. The Labute approximate surface area is 141 Å².